The van der Waals surface area contributed by atoms with Gasteiger partial charge in [0.15, 0.2) is 9.84 Å². The molecule has 18 heavy (non-hydrogen) atoms. The Morgan fingerprint density at radius 3 is 2.33 bits per heavy atom. The molecule has 9 heteroatoms. The molecule has 0 atom stereocenters. The van der Waals surface area contributed by atoms with Gasteiger partial charge >= 0.3 is 5.69 Å². The number of H-pyrrole nitrogens is 1. The van der Waals surface area contributed by atoms with Gasteiger partial charge in [-0.3, -0.25) is 14.3 Å². The van der Waals surface area contributed by atoms with E-state index in [0.29, 0.717) is 4.57 Å². The lowest BCUT2D eigenvalue weighted by molar-refractivity contribution is 0.346. The lowest BCUT2D eigenvalue weighted by Gasteiger charge is -2.23. The SMILES string of the molecule is CC(C)(Cn1c(O)c(F)c(=O)[nH]c1=O)S(C)(=O)=O. The minimum Gasteiger partial charge on any atom is -0.492 e. The van der Waals surface area contributed by atoms with Crippen LogP contribution in [-0.4, -0.2) is 34.1 Å². The zero-order valence-electron chi connectivity index (χ0n) is 10.0. The topological polar surface area (TPSA) is 109 Å². The molecule has 2 N–H and O–H groups in total. The number of hydrogen-bond donors (Lipinski definition) is 2. The molecular formula is C9H13FN2O5S. The zero-order chi connectivity index (χ0) is 14.3. The molecule has 0 amide bonds. The molecule has 0 saturated carbocycles. The molecule has 1 rings (SSSR count). The Kier molecular flexibility index (Phi) is 3.39. The average molecular weight is 280 g/mol. The highest BCUT2D eigenvalue weighted by atomic mass is 32.2. The van der Waals surface area contributed by atoms with Crippen molar-refractivity contribution in [3.8, 4) is 5.88 Å². The minimum atomic E-state index is -3.54. The van der Waals surface area contributed by atoms with Crippen LogP contribution in [0, 0.1) is 5.82 Å². The van der Waals surface area contributed by atoms with E-state index in [1.165, 1.54) is 13.8 Å². The summed E-state index contributed by atoms with van der Waals surface area (Å²) in [5, 5.41) is 9.36. The molecular weight excluding hydrogens is 267 g/mol. The molecule has 0 aliphatic heterocycles. The summed E-state index contributed by atoms with van der Waals surface area (Å²) in [7, 11) is -3.54. The van der Waals surface area contributed by atoms with Crippen LogP contribution in [0.15, 0.2) is 9.59 Å². The van der Waals surface area contributed by atoms with Gasteiger partial charge in [-0.25, -0.2) is 13.2 Å². The summed E-state index contributed by atoms with van der Waals surface area (Å²) in [6, 6.07) is 0. The molecule has 0 aromatic carbocycles. The molecule has 0 aliphatic rings. The standard InChI is InChI=1S/C9H13FN2O5S/c1-9(2,18(3,16)17)4-12-7(14)5(10)6(13)11-8(12)15/h14H,4H2,1-3H3,(H,11,13,15). The number of aromatic amines is 1. The number of halogens is 1. The number of nitrogens with zero attached hydrogens (tertiary/aromatic N) is 1. The van der Waals surface area contributed by atoms with Gasteiger partial charge in [0.05, 0.1) is 4.75 Å². The van der Waals surface area contributed by atoms with Gasteiger partial charge in [0, 0.05) is 12.8 Å². The highest BCUT2D eigenvalue weighted by molar-refractivity contribution is 7.92. The molecule has 0 aliphatic carbocycles. The maximum atomic E-state index is 13.1. The van der Waals surface area contributed by atoms with E-state index in [1.54, 1.807) is 4.98 Å². The van der Waals surface area contributed by atoms with E-state index in [9.17, 15) is 27.5 Å². The van der Waals surface area contributed by atoms with Crippen LogP contribution in [0.5, 0.6) is 5.88 Å². The minimum absolute atomic E-state index is 0.470. The zero-order valence-corrected chi connectivity index (χ0v) is 10.8. The van der Waals surface area contributed by atoms with Crippen LogP contribution in [0.3, 0.4) is 0 Å². The summed E-state index contributed by atoms with van der Waals surface area (Å²) >= 11 is 0. The van der Waals surface area contributed by atoms with Crippen molar-refractivity contribution >= 4 is 9.84 Å². The van der Waals surface area contributed by atoms with E-state index in [0.717, 1.165) is 6.26 Å². The second kappa shape index (κ2) is 4.23. The fourth-order valence-electron chi connectivity index (χ4n) is 1.18. The molecule has 0 spiro atoms. The molecule has 0 radical (unpaired) electrons. The summed E-state index contributed by atoms with van der Waals surface area (Å²) in [5.41, 5.74) is -2.43. The third-order valence-corrected chi connectivity index (χ3v) is 4.80. The van der Waals surface area contributed by atoms with E-state index in [-0.39, 0.29) is 0 Å². The van der Waals surface area contributed by atoms with Crippen molar-refractivity contribution in [2.45, 2.75) is 25.1 Å². The van der Waals surface area contributed by atoms with Gasteiger partial charge in [0.25, 0.3) is 5.56 Å². The van der Waals surface area contributed by atoms with Gasteiger partial charge in [0.1, 0.15) is 0 Å². The molecule has 0 bridgehead atoms. The van der Waals surface area contributed by atoms with Crippen LogP contribution in [0.4, 0.5) is 4.39 Å². The van der Waals surface area contributed by atoms with Crippen molar-refractivity contribution in [1.82, 2.24) is 9.55 Å². The first-order valence-corrected chi connectivity index (χ1v) is 6.77. The van der Waals surface area contributed by atoms with E-state index < -0.39 is 44.1 Å². The van der Waals surface area contributed by atoms with Crippen LogP contribution in [0.2, 0.25) is 0 Å². The Balaban J connectivity index is 3.43. The fraction of sp³-hybridized carbons (Fsp3) is 0.556. The number of aromatic nitrogens is 2. The molecule has 0 unspecified atom stereocenters. The highest BCUT2D eigenvalue weighted by Gasteiger charge is 2.32. The van der Waals surface area contributed by atoms with Gasteiger partial charge in [-0.05, 0) is 13.8 Å². The number of hydrogen-bond acceptors (Lipinski definition) is 5. The maximum Gasteiger partial charge on any atom is 0.331 e. The monoisotopic (exact) mass is 280 g/mol. The van der Waals surface area contributed by atoms with E-state index >= 15 is 0 Å². The maximum absolute atomic E-state index is 13.1. The Bertz CT molecular complexity index is 686. The van der Waals surface area contributed by atoms with Crippen molar-refractivity contribution in [1.29, 1.82) is 0 Å². The van der Waals surface area contributed by atoms with Crippen LogP contribution in [-0.2, 0) is 16.4 Å². The molecule has 1 heterocycles. The Morgan fingerprint density at radius 2 is 1.89 bits per heavy atom. The van der Waals surface area contributed by atoms with E-state index in [2.05, 4.69) is 0 Å². The van der Waals surface area contributed by atoms with Crippen molar-refractivity contribution < 1.29 is 17.9 Å². The van der Waals surface area contributed by atoms with Gasteiger partial charge in [-0.2, -0.15) is 4.39 Å². The second-order valence-electron chi connectivity index (χ2n) is 4.51. The number of aromatic hydroxyl groups is 1. The first-order chi connectivity index (χ1) is 7.97. The van der Waals surface area contributed by atoms with E-state index in [4.69, 9.17) is 0 Å². The second-order valence-corrected chi connectivity index (χ2v) is 7.16. The van der Waals surface area contributed by atoms with Gasteiger partial charge in [-0.15, -0.1) is 0 Å². The highest BCUT2D eigenvalue weighted by Crippen LogP contribution is 2.19. The predicted molar refractivity (Wildman–Crippen MR) is 61.9 cm³/mol. The first kappa shape index (κ1) is 14.4. The third kappa shape index (κ3) is 2.45. The quantitative estimate of drug-likeness (QED) is 0.753. The molecule has 7 nitrogen and oxygen atoms in total. The summed E-state index contributed by atoms with van der Waals surface area (Å²) in [5.74, 6) is -2.71. The lowest BCUT2D eigenvalue weighted by atomic mass is 10.2. The average Bonchev–Trinajstić information content (AvgIpc) is 2.20. The van der Waals surface area contributed by atoms with Crippen LogP contribution >= 0.6 is 0 Å². The summed E-state index contributed by atoms with van der Waals surface area (Å²) in [6.07, 6.45) is 0.955. The lowest BCUT2D eigenvalue weighted by Crippen LogP contribution is -2.41. The smallest absolute Gasteiger partial charge is 0.331 e. The van der Waals surface area contributed by atoms with Crippen LogP contribution < -0.4 is 11.2 Å². The number of nitrogens with one attached hydrogen (secondary N) is 1. The predicted octanol–water partition coefficient (Wildman–Crippen LogP) is -0.795. The fourth-order valence-corrected chi connectivity index (χ4v) is 1.54. The Hall–Kier alpha value is -1.64. The summed E-state index contributed by atoms with van der Waals surface area (Å²) in [4.78, 5) is 23.9. The van der Waals surface area contributed by atoms with Gasteiger partial charge < -0.3 is 5.11 Å². The number of sulfone groups is 1. The molecule has 0 fully saturated rings. The third-order valence-electron chi connectivity index (χ3n) is 2.66. The van der Waals surface area contributed by atoms with Crippen LogP contribution in [0.25, 0.3) is 0 Å². The molecule has 102 valence electrons. The number of rotatable bonds is 3. The van der Waals surface area contributed by atoms with E-state index in [1.807, 2.05) is 0 Å². The molecule has 1 aromatic rings. The first-order valence-electron chi connectivity index (χ1n) is 4.88. The largest absolute Gasteiger partial charge is 0.492 e. The normalized spacial score (nSPS) is 12.7. The molecule has 0 saturated heterocycles. The molecule has 1 aromatic heterocycles. The summed E-state index contributed by atoms with van der Waals surface area (Å²) in [6.45, 7) is 2.15. The summed E-state index contributed by atoms with van der Waals surface area (Å²) < 4.78 is 35.1. The van der Waals surface area contributed by atoms with Gasteiger partial charge in [-0.1, -0.05) is 0 Å². The van der Waals surface area contributed by atoms with Crippen molar-refractivity contribution in [3.63, 3.8) is 0 Å². The Labute approximate surface area is 102 Å². The van der Waals surface area contributed by atoms with Gasteiger partial charge in [0.2, 0.25) is 11.7 Å². The van der Waals surface area contributed by atoms with Crippen molar-refractivity contribution in [2.24, 2.45) is 0 Å². The Morgan fingerprint density at radius 1 is 1.39 bits per heavy atom. The van der Waals surface area contributed by atoms with Crippen LogP contribution in [0.1, 0.15) is 13.8 Å². The van der Waals surface area contributed by atoms with Crippen molar-refractivity contribution in [2.75, 3.05) is 6.26 Å². The van der Waals surface area contributed by atoms with Crippen molar-refractivity contribution in [3.05, 3.63) is 26.7 Å².